The Morgan fingerprint density at radius 1 is 1.31 bits per heavy atom. The number of hydrogen-bond acceptors (Lipinski definition) is 2. The molecule has 2 rings (SSSR count). The van der Waals surface area contributed by atoms with E-state index in [1.807, 2.05) is 36.0 Å². The molecule has 0 aromatic heterocycles. The van der Waals surface area contributed by atoms with Crippen molar-refractivity contribution in [1.29, 1.82) is 0 Å². The largest absolute Gasteiger partial charge is 0.387 e. The summed E-state index contributed by atoms with van der Waals surface area (Å²) in [6, 6.07) is 7.55. The monoisotopic (exact) mass is 256 g/mol. The zero-order valence-electron chi connectivity index (χ0n) is 9.23. The zero-order chi connectivity index (χ0) is 11.4. The summed E-state index contributed by atoms with van der Waals surface area (Å²) in [5, 5.41) is 11.5. The van der Waals surface area contributed by atoms with E-state index in [2.05, 4.69) is 0 Å². The van der Waals surface area contributed by atoms with E-state index in [1.165, 1.54) is 25.7 Å². The summed E-state index contributed by atoms with van der Waals surface area (Å²) in [6.45, 7) is 0. The van der Waals surface area contributed by atoms with Crippen molar-refractivity contribution in [3.63, 3.8) is 0 Å². The van der Waals surface area contributed by atoms with Gasteiger partial charge in [-0.05, 0) is 24.5 Å². The fraction of sp³-hybridized carbons (Fsp3) is 0.538. The molecule has 1 aromatic rings. The molecule has 0 saturated heterocycles. The molecule has 1 unspecified atom stereocenters. The summed E-state index contributed by atoms with van der Waals surface area (Å²) in [7, 11) is 0. The van der Waals surface area contributed by atoms with Crippen LogP contribution in [0.3, 0.4) is 0 Å². The average molecular weight is 257 g/mol. The third kappa shape index (κ3) is 3.16. The third-order valence-electron chi connectivity index (χ3n) is 3.06. The highest BCUT2D eigenvalue weighted by atomic mass is 35.5. The maximum atomic E-state index is 10.1. The van der Waals surface area contributed by atoms with Crippen LogP contribution in [0.1, 0.15) is 37.4 Å². The molecule has 0 heterocycles. The molecular formula is C13H17ClOS. The molecule has 0 radical (unpaired) electrons. The molecule has 0 aliphatic heterocycles. The molecule has 16 heavy (non-hydrogen) atoms. The van der Waals surface area contributed by atoms with Gasteiger partial charge in [-0.3, -0.25) is 0 Å². The summed E-state index contributed by atoms with van der Waals surface area (Å²) in [6.07, 6.45) is 4.87. The van der Waals surface area contributed by atoms with Crippen LogP contribution >= 0.6 is 23.4 Å². The SMILES string of the molecule is OC(CSC1CCCC1)c1ccccc1Cl. The van der Waals surface area contributed by atoms with Crippen LogP contribution in [0.25, 0.3) is 0 Å². The summed E-state index contributed by atoms with van der Waals surface area (Å²) < 4.78 is 0. The molecule has 1 N–H and O–H groups in total. The fourth-order valence-electron chi connectivity index (χ4n) is 2.12. The van der Waals surface area contributed by atoms with E-state index in [-0.39, 0.29) is 0 Å². The fourth-order valence-corrected chi connectivity index (χ4v) is 3.68. The molecule has 1 aliphatic rings. The molecule has 1 aromatic carbocycles. The molecule has 88 valence electrons. The second-order valence-corrected chi connectivity index (χ2v) is 6.02. The van der Waals surface area contributed by atoms with Crippen LogP contribution in [0, 0.1) is 0 Å². The van der Waals surface area contributed by atoms with Gasteiger partial charge in [-0.1, -0.05) is 42.6 Å². The summed E-state index contributed by atoms with van der Waals surface area (Å²) >= 11 is 7.93. The van der Waals surface area contributed by atoms with Crippen molar-refractivity contribution >= 4 is 23.4 Å². The quantitative estimate of drug-likeness (QED) is 0.877. The van der Waals surface area contributed by atoms with Crippen molar-refractivity contribution in [1.82, 2.24) is 0 Å². The van der Waals surface area contributed by atoms with Gasteiger partial charge in [0.2, 0.25) is 0 Å². The minimum atomic E-state index is -0.431. The van der Waals surface area contributed by atoms with Crippen LogP contribution in [-0.2, 0) is 0 Å². The van der Waals surface area contributed by atoms with Gasteiger partial charge in [0, 0.05) is 16.0 Å². The van der Waals surface area contributed by atoms with Crippen LogP contribution in [-0.4, -0.2) is 16.1 Å². The Bertz CT molecular complexity index is 336. The van der Waals surface area contributed by atoms with Gasteiger partial charge in [0.15, 0.2) is 0 Å². The van der Waals surface area contributed by atoms with Crippen LogP contribution in [0.5, 0.6) is 0 Å². The van der Waals surface area contributed by atoms with Gasteiger partial charge in [0.1, 0.15) is 0 Å². The summed E-state index contributed by atoms with van der Waals surface area (Å²) in [4.78, 5) is 0. The maximum Gasteiger partial charge on any atom is 0.0894 e. The molecule has 0 bridgehead atoms. The van der Waals surface area contributed by atoms with Crippen LogP contribution < -0.4 is 0 Å². The number of rotatable bonds is 4. The van der Waals surface area contributed by atoms with Crippen molar-refractivity contribution < 1.29 is 5.11 Å². The highest BCUT2D eigenvalue weighted by Gasteiger charge is 2.18. The highest BCUT2D eigenvalue weighted by Crippen LogP contribution is 2.33. The van der Waals surface area contributed by atoms with Gasteiger partial charge in [0.05, 0.1) is 6.10 Å². The van der Waals surface area contributed by atoms with E-state index >= 15 is 0 Å². The van der Waals surface area contributed by atoms with E-state index in [0.29, 0.717) is 5.02 Å². The lowest BCUT2D eigenvalue weighted by atomic mass is 10.1. The highest BCUT2D eigenvalue weighted by molar-refractivity contribution is 7.99. The number of thioether (sulfide) groups is 1. The molecule has 0 spiro atoms. The summed E-state index contributed by atoms with van der Waals surface area (Å²) in [5.74, 6) is 0.758. The normalized spacial score (nSPS) is 18.9. The lowest BCUT2D eigenvalue weighted by Gasteiger charge is -2.15. The van der Waals surface area contributed by atoms with Crippen molar-refractivity contribution in [2.45, 2.75) is 37.0 Å². The smallest absolute Gasteiger partial charge is 0.0894 e. The van der Waals surface area contributed by atoms with Gasteiger partial charge in [-0.2, -0.15) is 11.8 Å². The Morgan fingerprint density at radius 3 is 2.69 bits per heavy atom. The van der Waals surface area contributed by atoms with Crippen molar-refractivity contribution in [2.24, 2.45) is 0 Å². The van der Waals surface area contributed by atoms with E-state index in [9.17, 15) is 5.11 Å². The van der Waals surface area contributed by atoms with Crippen LogP contribution in [0.4, 0.5) is 0 Å². The molecule has 1 saturated carbocycles. The van der Waals surface area contributed by atoms with Gasteiger partial charge >= 0.3 is 0 Å². The Morgan fingerprint density at radius 2 is 2.00 bits per heavy atom. The topological polar surface area (TPSA) is 20.2 Å². The van der Waals surface area contributed by atoms with Gasteiger partial charge in [-0.25, -0.2) is 0 Å². The maximum absolute atomic E-state index is 10.1. The van der Waals surface area contributed by atoms with E-state index in [4.69, 9.17) is 11.6 Å². The molecule has 1 nitrogen and oxygen atoms in total. The third-order valence-corrected chi connectivity index (χ3v) is 4.85. The lowest BCUT2D eigenvalue weighted by Crippen LogP contribution is -2.05. The van der Waals surface area contributed by atoms with E-state index in [0.717, 1.165) is 16.6 Å². The molecule has 1 aliphatic carbocycles. The Balaban J connectivity index is 1.87. The first-order valence-corrected chi connectivity index (χ1v) is 7.24. The average Bonchev–Trinajstić information content (AvgIpc) is 2.79. The number of aliphatic hydroxyl groups is 1. The second kappa shape index (κ2) is 5.95. The predicted octanol–water partition coefficient (Wildman–Crippen LogP) is 4.05. The lowest BCUT2D eigenvalue weighted by molar-refractivity contribution is 0.204. The number of halogens is 1. The first kappa shape index (κ1) is 12.3. The predicted molar refractivity (Wildman–Crippen MR) is 71.1 cm³/mol. The molecule has 3 heteroatoms. The zero-order valence-corrected chi connectivity index (χ0v) is 10.8. The summed E-state index contributed by atoms with van der Waals surface area (Å²) in [5.41, 5.74) is 0.856. The van der Waals surface area contributed by atoms with Crippen molar-refractivity contribution in [3.8, 4) is 0 Å². The van der Waals surface area contributed by atoms with Gasteiger partial charge in [-0.15, -0.1) is 0 Å². The first-order chi connectivity index (χ1) is 7.77. The molecular weight excluding hydrogens is 240 g/mol. The Hall–Kier alpha value is -0.180. The Labute approximate surface area is 106 Å². The number of hydrogen-bond donors (Lipinski definition) is 1. The molecule has 0 amide bonds. The van der Waals surface area contributed by atoms with Gasteiger partial charge in [0.25, 0.3) is 0 Å². The van der Waals surface area contributed by atoms with Crippen molar-refractivity contribution in [3.05, 3.63) is 34.9 Å². The minimum Gasteiger partial charge on any atom is -0.387 e. The molecule has 1 atom stereocenters. The van der Waals surface area contributed by atoms with E-state index in [1.54, 1.807) is 0 Å². The van der Waals surface area contributed by atoms with Crippen molar-refractivity contribution in [2.75, 3.05) is 5.75 Å². The van der Waals surface area contributed by atoms with Gasteiger partial charge < -0.3 is 5.11 Å². The second-order valence-electron chi connectivity index (χ2n) is 4.28. The Kier molecular flexibility index (Phi) is 4.56. The number of benzene rings is 1. The first-order valence-electron chi connectivity index (χ1n) is 5.81. The number of aliphatic hydroxyl groups excluding tert-OH is 1. The standard InChI is InChI=1S/C13H17ClOS/c14-12-8-4-3-7-11(12)13(15)9-16-10-5-1-2-6-10/h3-4,7-8,10,13,15H,1-2,5-6,9H2. The van der Waals surface area contributed by atoms with Crippen LogP contribution in [0.15, 0.2) is 24.3 Å². The molecule has 1 fully saturated rings. The minimum absolute atomic E-state index is 0.431. The van der Waals surface area contributed by atoms with Crippen LogP contribution in [0.2, 0.25) is 5.02 Å². The van der Waals surface area contributed by atoms with E-state index < -0.39 is 6.10 Å².